The first-order chi connectivity index (χ1) is 6.36. The Bertz CT molecular complexity index is 248. The van der Waals surface area contributed by atoms with Crippen LogP contribution < -0.4 is 5.32 Å². The third-order valence-electron chi connectivity index (χ3n) is 1.89. The van der Waals surface area contributed by atoms with Crippen LogP contribution in [0.3, 0.4) is 0 Å². The summed E-state index contributed by atoms with van der Waals surface area (Å²) >= 11 is 1.79. The highest BCUT2D eigenvalue weighted by Crippen LogP contribution is 2.15. The predicted octanol–water partition coefficient (Wildman–Crippen LogP) is 2.91. The van der Waals surface area contributed by atoms with Crippen molar-refractivity contribution in [2.45, 2.75) is 24.8 Å². The summed E-state index contributed by atoms with van der Waals surface area (Å²) < 4.78 is 0. The van der Waals surface area contributed by atoms with E-state index in [1.54, 1.807) is 11.8 Å². The van der Waals surface area contributed by atoms with Gasteiger partial charge in [-0.15, -0.1) is 11.8 Å². The number of nitrogens with one attached hydrogen (secondary N) is 1. The van der Waals surface area contributed by atoms with E-state index in [1.165, 1.54) is 16.9 Å². The largest absolute Gasteiger partial charge is 0.313 e. The molecule has 1 nitrogen and oxygen atoms in total. The minimum Gasteiger partial charge on any atom is -0.313 e. The molecule has 1 rings (SSSR count). The molecule has 72 valence electrons. The van der Waals surface area contributed by atoms with Crippen LogP contribution in [0, 0.1) is 0 Å². The molecule has 0 aliphatic heterocycles. The van der Waals surface area contributed by atoms with Gasteiger partial charge in [0.25, 0.3) is 0 Å². The Hall–Kier alpha value is -0.470. The zero-order valence-corrected chi connectivity index (χ0v) is 9.16. The normalized spacial score (nSPS) is 10.3. The van der Waals surface area contributed by atoms with Gasteiger partial charge in [0, 0.05) is 11.4 Å². The molecule has 0 saturated carbocycles. The van der Waals surface area contributed by atoms with E-state index in [2.05, 4.69) is 42.8 Å². The zero-order chi connectivity index (χ0) is 9.52. The van der Waals surface area contributed by atoms with Crippen LogP contribution in [0.4, 0.5) is 0 Å². The fraction of sp³-hybridized carbons (Fsp3) is 0.455. The third kappa shape index (κ3) is 3.83. The lowest BCUT2D eigenvalue weighted by Crippen LogP contribution is -2.13. The second-order valence-electron chi connectivity index (χ2n) is 3.03. The minimum absolute atomic E-state index is 0.988. The van der Waals surface area contributed by atoms with Crippen molar-refractivity contribution in [3.8, 4) is 0 Å². The molecule has 0 aliphatic carbocycles. The minimum atomic E-state index is 0.988. The van der Waals surface area contributed by atoms with Crippen molar-refractivity contribution in [1.29, 1.82) is 0 Å². The lowest BCUT2D eigenvalue weighted by molar-refractivity contribution is 0.674. The number of thioether (sulfide) groups is 1. The summed E-state index contributed by atoms with van der Waals surface area (Å²) in [6.45, 7) is 4.27. The first-order valence-corrected chi connectivity index (χ1v) is 5.93. The van der Waals surface area contributed by atoms with Crippen LogP contribution >= 0.6 is 11.8 Å². The van der Waals surface area contributed by atoms with Crippen LogP contribution in [0.25, 0.3) is 0 Å². The molecule has 0 fully saturated rings. The van der Waals surface area contributed by atoms with Gasteiger partial charge in [0.15, 0.2) is 0 Å². The van der Waals surface area contributed by atoms with E-state index in [0.29, 0.717) is 0 Å². The van der Waals surface area contributed by atoms with Gasteiger partial charge in [-0.3, -0.25) is 0 Å². The van der Waals surface area contributed by atoms with Crippen molar-refractivity contribution in [1.82, 2.24) is 5.32 Å². The number of rotatable bonds is 5. The Morgan fingerprint density at radius 2 is 2.23 bits per heavy atom. The van der Waals surface area contributed by atoms with Gasteiger partial charge in [-0.25, -0.2) is 0 Å². The van der Waals surface area contributed by atoms with Crippen LogP contribution in [-0.2, 0) is 6.54 Å². The van der Waals surface area contributed by atoms with Crippen molar-refractivity contribution in [2.24, 2.45) is 0 Å². The molecule has 0 spiro atoms. The highest BCUT2D eigenvalue weighted by atomic mass is 32.2. The molecule has 0 amide bonds. The predicted molar refractivity (Wildman–Crippen MR) is 60.2 cm³/mol. The van der Waals surface area contributed by atoms with Gasteiger partial charge in [0.1, 0.15) is 0 Å². The maximum atomic E-state index is 3.39. The maximum absolute atomic E-state index is 3.39. The van der Waals surface area contributed by atoms with E-state index in [-0.39, 0.29) is 0 Å². The maximum Gasteiger partial charge on any atom is 0.0205 e. The Balaban J connectivity index is 2.46. The second-order valence-corrected chi connectivity index (χ2v) is 3.91. The van der Waals surface area contributed by atoms with E-state index in [0.717, 1.165) is 13.1 Å². The summed E-state index contributed by atoms with van der Waals surface area (Å²) in [6.07, 6.45) is 3.31. The van der Waals surface area contributed by atoms with Crippen molar-refractivity contribution in [2.75, 3.05) is 12.8 Å². The van der Waals surface area contributed by atoms with Crippen LogP contribution in [0.1, 0.15) is 18.9 Å². The van der Waals surface area contributed by atoms with Crippen LogP contribution in [0.2, 0.25) is 0 Å². The fourth-order valence-corrected chi connectivity index (χ4v) is 1.68. The average molecular weight is 195 g/mol. The standard InChI is InChI=1S/C11H17NS/c1-3-7-12-9-10-5-4-6-11(8-10)13-2/h4-6,8,12H,3,7,9H2,1-2H3. The zero-order valence-electron chi connectivity index (χ0n) is 8.34. The van der Waals surface area contributed by atoms with Gasteiger partial charge in [0.2, 0.25) is 0 Å². The Morgan fingerprint density at radius 1 is 1.38 bits per heavy atom. The first-order valence-electron chi connectivity index (χ1n) is 4.70. The number of benzene rings is 1. The van der Waals surface area contributed by atoms with Crippen LogP contribution in [0.15, 0.2) is 29.2 Å². The summed E-state index contributed by atoms with van der Waals surface area (Å²) in [5.74, 6) is 0. The smallest absolute Gasteiger partial charge is 0.0205 e. The summed E-state index contributed by atoms with van der Waals surface area (Å²) in [5.41, 5.74) is 1.38. The van der Waals surface area contributed by atoms with Crippen molar-refractivity contribution < 1.29 is 0 Å². The fourth-order valence-electron chi connectivity index (χ4n) is 1.19. The molecule has 0 aliphatic rings. The summed E-state index contributed by atoms with van der Waals surface area (Å²) in [6, 6.07) is 8.68. The molecule has 0 bridgehead atoms. The molecule has 0 heterocycles. The number of hydrogen-bond donors (Lipinski definition) is 1. The summed E-state index contributed by atoms with van der Waals surface area (Å²) in [4.78, 5) is 1.34. The molecule has 1 N–H and O–H groups in total. The summed E-state index contributed by atoms with van der Waals surface area (Å²) in [5, 5.41) is 3.39. The van der Waals surface area contributed by atoms with Gasteiger partial charge in [-0.2, -0.15) is 0 Å². The average Bonchev–Trinajstić information content (AvgIpc) is 2.19. The van der Waals surface area contributed by atoms with E-state index in [4.69, 9.17) is 0 Å². The Morgan fingerprint density at radius 3 is 2.92 bits per heavy atom. The Kier molecular flexibility index (Phi) is 4.94. The van der Waals surface area contributed by atoms with E-state index in [9.17, 15) is 0 Å². The van der Waals surface area contributed by atoms with Crippen LogP contribution in [0.5, 0.6) is 0 Å². The third-order valence-corrected chi connectivity index (χ3v) is 2.62. The van der Waals surface area contributed by atoms with Crippen molar-refractivity contribution in [3.05, 3.63) is 29.8 Å². The van der Waals surface area contributed by atoms with Crippen molar-refractivity contribution >= 4 is 11.8 Å². The van der Waals surface area contributed by atoms with Gasteiger partial charge in [-0.05, 0) is 36.9 Å². The highest BCUT2D eigenvalue weighted by molar-refractivity contribution is 7.98. The van der Waals surface area contributed by atoms with Gasteiger partial charge in [0.05, 0.1) is 0 Å². The molecular formula is C11H17NS. The lowest BCUT2D eigenvalue weighted by atomic mass is 10.2. The SMILES string of the molecule is CCCNCc1cccc(SC)c1. The Labute approximate surface area is 84.9 Å². The molecule has 13 heavy (non-hydrogen) atoms. The molecular weight excluding hydrogens is 178 g/mol. The molecule has 0 atom stereocenters. The second kappa shape index (κ2) is 6.06. The first kappa shape index (κ1) is 10.6. The van der Waals surface area contributed by atoms with E-state index < -0.39 is 0 Å². The molecule has 2 heteroatoms. The molecule has 1 aromatic rings. The quantitative estimate of drug-likeness (QED) is 0.572. The highest BCUT2D eigenvalue weighted by Gasteiger charge is 1.93. The van der Waals surface area contributed by atoms with E-state index in [1.807, 2.05) is 0 Å². The summed E-state index contributed by atoms with van der Waals surface area (Å²) in [7, 11) is 0. The number of hydrogen-bond acceptors (Lipinski definition) is 2. The molecule has 1 aromatic carbocycles. The molecule has 0 aromatic heterocycles. The van der Waals surface area contributed by atoms with Gasteiger partial charge in [-0.1, -0.05) is 19.1 Å². The van der Waals surface area contributed by atoms with E-state index >= 15 is 0 Å². The topological polar surface area (TPSA) is 12.0 Å². The van der Waals surface area contributed by atoms with Gasteiger partial charge < -0.3 is 5.32 Å². The van der Waals surface area contributed by atoms with Crippen molar-refractivity contribution in [3.63, 3.8) is 0 Å². The van der Waals surface area contributed by atoms with Crippen LogP contribution in [-0.4, -0.2) is 12.8 Å². The lowest BCUT2D eigenvalue weighted by Gasteiger charge is -2.04. The monoisotopic (exact) mass is 195 g/mol. The molecule has 0 unspecified atom stereocenters. The molecule has 0 saturated heterocycles. The molecule has 0 radical (unpaired) electrons. The van der Waals surface area contributed by atoms with Gasteiger partial charge >= 0.3 is 0 Å².